The second-order valence-corrected chi connectivity index (χ2v) is 9.17. The minimum absolute atomic E-state index is 0.0970. The number of ether oxygens (including phenoxy) is 1. The lowest BCUT2D eigenvalue weighted by Crippen LogP contribution is -2.34. The summed E-state index contributed by atoms with van der Waals surface area (Å²) in [6.07, 6.45) is 0.920. The van der Waals surface area contributed by atoms with E-state index in [1.165, 1.54) is 12.1 Å². The van der Waals surface area contributed by atoms with E-state index in [4.69, 9.17) is 17.0 Å². The number of carbonyl (C=O) groups is 1. The summed E-state index contributed by atoms with van der Waals surface area (Å²) >= 11 is 5.18. The molecule has 0 aliphatic heterocycles. The fourth-order valence-corrected chi connectivity index (χ4v) is 4.26. The summed E-state index contributed by atoms with van der Waals surface area (Å²) in [4.78, 5) is 12.2. The molecule has 9 heteroatoms. The molecule has 0 radical (unpaired) electrons. The predicted molar refractivity (Wildman–Crippen MR) is 134 cm³/mol. The number of nitrogens with one attached hydrogen (secondary N) is 3. The fraction of sp³-hybridized carbons (Fsp3) is 0.167. The zero-order valence-corrected chi connectivity index (χ0v) is 19.7. The van der Waals surface area contributed by atoms with Crippen LogP contribution in [-0.4, -0.2) is 26.0 Å². The van der Waals surface area contributed by atoms with Gasteiger partial charge in [0.15, 0.2) is 5.11 Å². The molecule has 3 rings (SSSR count). The molecule has 0 bridgehead atoms. The second-order valence-electron chi connectivity index (χ2n) is 7.08. The van der Waals surface area contributed by atoms with E-state index in [0.717, 1.165) is 5.56 Å². The normalized spacial score (nSPS) is 10.8. The molecule has 0 aromatic heterocycles. The maximum absolute atomic E-state index is 12.6. The number of hydrogen-bond donors (Lipinski definition) is 3. The van der Waals surface area contributed by atoms with Crippen LogP contribution in [0.2, 0.25) is 0 Å². The summed E-state index contributed by atoms with van der Waals surface area (Å²) in [6.45, 7) is 2.41. The van der Waals surface area contributed by atoms with E-state index in [0.29, 0.717) is 36.6 Å². The average Bonchev–Trinajstić information content (AvgIpc) is 2.80. The summed E-state index contributed by atoms with van der Waals surface area (Å²) in [5, 5.41) is 5.67. The van der Waals surface area contributed by atoms with Crippen LogP contribution < -0.4 is 20.1 Å². The van der Waals surface area contributed by atoms with Crippen molar-refractivity contribution in [1.82, 2.24) is 5.32 Å². The van der Waals surface area contributed by atoms with E-state index in [-0.39, 0.29) is 15.9 Å². The van der Waals surface area contributed by atoms with Gasteiger partial charge in [0, 0.05) is 17.8 Å². The standard InChI is InChI=1S/C24H25N3O4S2/c1-2-31-21-13-9-20(10-14-21)27-33(29,30)22-15-11-19(12-16-22)25-24(32)26-23(28)17-8-18-6-4-3-5-7-18/h3-7,9-16,27H,2,8,17H2,1H3,(H2,25,26,28,32). The number of benzene rings is 3. The Hall–Kier alpha value is -3.43. The molecule has 172 valence electrons. The monoisotopic (exact) mass is 483 g/mol. The number of carbonyl (C=O) groups excluding carboxylic acids is 1. The molecular weight excluding hydrogens is 458 g/mol. The van der Waals surface area contributed by atoms with Crippen molar-refractivity contribution in [3.63, 3.8) is 0 Å². The first-order valence-corrected chi connectivity index (χ1v) is 12.3. The first-order chi connectivity index (χ1) is 15.9. The lowest BCUT2D eigenvalue weighted by molar-refractivity contribution is -0.119. The molecule has 0 aliphatic rings. The second kappa shape index (κ2) is 11.4. The van der Waals surface area contributed by atoms with Gasteiger partial charge in [-0.2, -0.15) is 0 Å². The number of amides is 1. The van der Waals surface area contributed by atoms with Crippen molar-refractivity contribution in [2.75, 3.05) is 16.6 Å². The maximum atomic E-state index is 12.6. The van der Waals surface area contributed by atoms with Gasteiger partial charge in [-0.3, -0.25) is 9.52 Å². The largest absolute Gasteiger partial charge is 0.494 e. The van der Waals surface area contributed by atoms with Crippen LogP contribution in [0, 0.1) is 0 Å². The molecule has 0 atom stereocenters. The molecule has 1 amide bonds. The molecule has 3 aromatic carbocycles. The Morgan fingerprint density at radius 2 is 1.55 bits per heavy atom. The number of sulfonamides is 1. The van der Waals surface area contributed by atoms with Crippen LogP contribution in [0.15, 0.2) is 83.8 Å². The van der Waals surface area contributed by atoms with E-state index >= 15 is 0 Å². The summed E-state index contributed by atoms with van der Waals surface area (Å²) in [7, 11) is -3.76. The first-order valence-electron chi connectivity index (χ1n) is 10.4. The molecule has 0 spiro atoms. The van der Waals surface area contributed by atoms with Crippen LogP contribution in [0.3, 0.4) is 0 Å². The Bertz CT molecular complexity index is 1180. The van der Waals surface area contributed by atoms with Crippen LogP contribution in [0.5, 0.6) is 5.75 Å². The molecular formula is C24H25N3O4S2. The van der Waals surface area contributed by atoms with Gasteiger partial charge in [0.2, 0.25) is 5.91 Å². The van der Waals surface area contributed by atoms with Gasteiger partial charge < -0.3 is 15.4 Å². The van der Waals surface area contributed by atoms with E-state index in [1.54, 1.807) is 36.4 Å². The Balaban J connectivity index is 1.52. The maximum Gasteiger partial charge on any atom is 0.261 e. The lowest BCUT2D eigenvalue weighted by Gasteiger charge is -2.12. The van der Waals surface area contributed by atoms with E-state index in [2.05, 4.69) is 15.4 Å². The summed E-state index contributed by atoms with van der Waals surface area (Å²) in [5.41, 5.74) is 2.06. The number of thiocarbonyl (C=S) groups is 1. The molecule has 3 aromatic rings. The van der Waals surface area contributed by atoms with E-state index in [9.17, 15) is 13.2 Å². The third kappa shape index (κ3) is 7.58. The third-order valence-electron chi connectivity index (χ3n) is 4.58. The van der Waals surface area contributed by atoms with Gasteiger partial charge in [0.25, 0.3) is 10.0 Å². The minimum Gasteiger partial charge on any atom is -0.494 e. The van der Waals surface area contributed by atoms with Crippen molar-refractivity contribution in [3.05, 3.63) is 84.4 Å². The highest BCUT2D eigenvalue weighted by Gasteiger charge is 2.14. The van der Waals surface area contributed by atoms with Crippen molar-refractivity contribution < 1.29 is 17.9 Å². The molecule has 3 N–H and O–H groups in total. The van der Waals surface area contributed by atoms with Crippen molar-refractivity contribution in [3.8, 4) is 5.75 Å². The summed E-state index contributed by atoms with van der Waals surface area (Å²) < 4.78 is 33.2. The zero-order valence-electron chi connectivity index (χ0n) is 18.1. The van der Waals surface area contributed by atoms with Gasteiger partial charge in [0.1, 0.15) is 5.75 Å². The lowest BCUT2D eigenvalue weighted by atomic mass is 10.1. The molecule has 0 unspecified atom stereocenters. The van der Waals surface area contributed by atoms with Crippen molar-refractivity contribution in [2.24, 2.45) is 0 Å². The zero-order chi connectivity index (χ0) is 23.7. The predicted octanol–water partition coefficient (Wildman–Crippen LogP) is 4.33. The fourth-order valence-electron chi connectivity index (χ4n) is 2.97. The molecule has 0 aliphatic carbocycles. The van der Waals surface area contributed by atoms with Gasteiger partial charge in [0.05, 0.1) is 11.5 Å². The number of aryl methyl sites for hydroxylation is 1. The minimum atomic E-state index is -3.76. The summed E-state index contributed by atoms with van der Waals surface area (Å²) in [5.74, 6) is 0.467. The number of anilines is 2. The van der Waals surface area contributed by atoms with Crippen LogP contribution in [0.4, 0.5) is 11.4 Å². The number of hydrogen-bond acceptors (Lipinski definition) is 5. The Morgan fingerprint density at radius 3 is 2.18 bits per heavy atom. The van der Waals surface area contributed by atoms with E-state index in [1.807, 2.05) is 37.3 Å². The van der Waals surface area contributed by atoms with Gasteiger partial charge in [-0.1, -0.05) is 30.3 Å². The Labute approximate surface area is 199 Å². The molecule has 0 saturated carbocycles. The van der Waals surface area contributed by atoms with Gasteiger partial charge in [-0.15, -0.1) is 0 Å². The topological polar surface area (TPSA) is 96.5 Å². The molecule has 33 heavy (non-hydrogen) atoms. The third-order valence-corrected chi connectivity index (χ3v) is 6.18. The quantitative estimate of drug-likeness (QED) is 0.392. The highest BCUT2D eigenvalue weighted by atomic mass is 32.2. The molecule has 0 fully saturated rings. The number of rotatable bonds is 9. The first kappa shape index (κ1) is 24.2. The highest BCUT2D eigenvalue weighted by molar-refractivity contribution is 7.92. The van der Waals surface area contributed by atoms with Gasteiger partial charge >= 0.3 is 0 Å². The molecule has 7 nitrogen and oxygen atoms in total. The average molecular weight is 484 g/mol. The summed E-state index contributed by atoms with van der Waals surface area (Å²) in [6, 6.07) is 22.4. The molecule has 0 saturated heterocycles. The van der Waals surface area contributed by atoms with Crippen molar-refractivity contribution in [1.29, 1.82) is 0 Å². The molecule has 0 heterocycles. The van der Waals surface area contributed by atoms with Crippen LogP contribution in [0.25, 0.3) is 0 Å². The van der Waals surface area contributed by atoms with Crippen LogP contribution in [-0.2, 0) is 21.2 Å². The SMILES string of the molecule is CCOc1ccc(NS(=O)(=O)c2ccc(NC(=S)NC(=O)CCc3ccccc3)cc2)cc1. The highest BCUT2D eigenvalue weighted by Crippen LogP contribution is 2.20. The van der Waals surface area contributed by atoms with Crippen LogP contribution in [0.1, 0.15) is 18.9 Å². The van der Waals surface area contributed by atoms with Gasteiger partial charge in [-0.05, 0) is 79.7 Å². The van der Waals surface area contributed by atoms with E-state index < -0.39 is 10.0 Å². The van der Waals surface area contributed by atoms with Gasteiger partial charge in [-0.25, -0.2) is 8.42 Å². The van der Waals surface area contributed by atoms with Crippen LogP contribution >= 0.6 is 12.2 Å². The van der Waals surface area contributed by atoms with Crippen molar-refractivity contribution >= 4 is 44.6 Å². The Morgan fingerprint density at radius 1 is 0.909 bits per heavy atom. The van der Waals surface area contributed by atoms with Crippen molar-refractivity contribution in [2.45, 2.75) is 24.7 Å². The smallest absolute Gasteiger partial charge is 0.261 e. The Kier molecular flexibility index (Phi) is 8.39.